The summed E-state index contributed by atoms with van der Waals surface area (Å²) in [5, 5.41) is 8.80. The summed E-state index contributed by atoms with van der Waals surface area (Å²) >= 11 is 1.33. The molecule has 0 unspecified atom stereocenters. The molecule has 1 aliphatic rings. The van der Waals surface area contributed by atoms with Crippen molar-refractivity contribution in [1.29, 1.82) is 0 Å². The molecule has 172 valence electrons. The minimum absolute atomic E-state index is 0.157. The molecule has 0 saturated carbocycles. The number of carbonyl (C=O) groups is 1. The van der Waals surface area contributed by atoms with E-state index in [2.05, 4.69) is 0 Å². The number of alkyl halides is 1. The standard InChI is InChI=1S/C23H26FNO5S2/c1-3-4-8-16-15-25(17-9-6-5-7-10-17)18-13-20(31-2)19(30-12-11-22(26)27)14-21(18)32(28,29)23(16)24/h5-7,9-14,16,23H,3-4,8,15H2,1-2H3,(H,26,27)/b12-11+/t16-,23+/m1/s1. The number of carboxylic acid groups (broad SMARTS) is 1. The van der Waals surface area contributed by atoms with Crippen molar-refractivity contribution in [3.8, 4) is 5.75 Å². The van der Waals surface area contributed by atoms with E-state index in [0.717, 1.165) is 30.9 Å². The largest absolute Gasteiger partial charge is 0.478 e. The van der Waals surface area contributed by atoms with Gasteiger partial charge in [0.25, 0.3) is 0 Å². The molecule has 0 saturated heterocycles. The summed E-state index contributed by atoms with van der Waals surface area (Å²) in [4.78, 5) is 13.1. The molecule has 1 heterocycles. The van der Waals surface area contributed by atoms with Gasteiger partial charge in [0.05, 0.1) is 27.8 Å². The van der Waals surface area contributed by atoms with Crippen molar-refractivity contribution in [2.45, 2.75) is 41.5 Å². The van der Waals surface area contributed by atoms with E-state index in [9.17, 15) is 13.2 Å². The lowest BCUT2D eigenvalue weighted by molar-refractivity contribution is -0.131. The van der Waals surface area contributed by atoms with Gasteiger partial charge in [0.2, 0.25) is 15.3 Å². The van der Waals surface area contributed by atoms with E-state index in [1.807, 2.05) is 42.2 Å². The summed E-state index contributed by atoms with van der Waals surface area (Å²) < 4.78 is 47.6. The van der Waals surface area contributed by atoms with E-state index >= 15 is 4.39 Å². The number of carboxylic acids is 1. The molecular formula is C23H26FNO5S2. The number of hydrogen-bond donors (Lipinski definition) is 1. The minimum atomic E-state index is -4.30. The molecule has 1 aliphatic heterocycles. The van der Waals surface area contributed by atoms with Crippen LogP contribution in [0.1, 0.15) is 26.2 Å². The average molecular weight is 480 g/mol. The predicted molar refractivity (Wildman–Crippen MR) is 124 cm³/mol. The lowest BCUT2D eigenvalue weighted by atomic mass is 10.0. The van der Waals surface area contributed by atoms with Gasteiger partial charge in [-0.3, -0.25) is 0 Å². The first-order valence-corrected chi connectivity index (χ1v) is 13.1. The van der Waals surface area contributed by atoms with Crippen molar-refractivity contribution in [2.75, 3.05) is 17.7 Å². The third-order valence-electron chi connectivity index (χ3n) is 5.33. The molecule has 0 bridgehead atoms. The lowest BCUT2D eigenvalue weighted by Crippen LogP contribution is -2.31. The van der Waals surface area contributed by atoms with E-state index in [-0.39, 0.29) is 17.2 Å². The Hall–Kier alpha value is -2.52. The summed E-state index contributed by atoms with van der Waals surface area (Å²) in [6, 6.07) is 12.3. The Balaban J connectivity index is 2.20. The number of aliphatic carboxylic acids is 1. The van der Waals surface area contributed by atoms with Crippen molar-refractivity contribution in [3.05, 3.63) is 54.8 Å². The van der Waals surface area contributed by atoms with Crippen molar-refractivity contribution < 1.29 is 27.4 Å². The molecule has 2 aromatic rings. The van der Waals surface area contributed by atoms with Gasteiger partial charge in [-0.1, -0.05) is 38.0 Å². The monoisotopic (exact) mass is 479 g/mol. The summed E-state index contributed by atoms with van der Waals surface area (Å²) in [6.07, 6.45) is 5.60. The van der Waals surface area contributed by atoms with Gasteiger partial charge in [-0.05, 0) is 30.9 Å². The maximum Gasteiger partial charge on any atom is 0.331 e. The summed E-state index contributed by atoms with van der Waals surface area (Å²) in [6.45, 7) is 2.21. The molecule has 2 aromatic carbocycles. The van der Waals surface area contributed by atoms with Crippen LogP contribution in [-0.4, -0.2) is 37.8 Å². The van der Waals surface area contributed by atoms with E-state index in [1.54, 1.807) is 12.3 Å². The second-order valence-electron chi connectivity index (χ2n) is 7.47. The average Bonchev–Trinajstić information content (AvgIpc) is 2.86. The molecule has 0 spiro atoms. The van der Waals surface area contributed by atoms with Crippen LogP contribution in [0, 0.1) is 5.92 Å². The van der Waals surface area contributed by atoms with Gasteiger partial charge >= 0.3 is 5.97 Å². The van der Waals surface area contributed by atoms with Crippen LogP contribution in [0.4, 0.5) is 15.8 Å². The van der Waals surface area contributed by atoms with Gasteiger partial charge < -0.3 is 14.7 Å². The van der Waals surface area contributed by atoms with Crippen LogP contribution in [-0.2, 0) is 14.6 Å². The van der Waals surface area contributed by atoms with Gasteiger partial charge in [-0.15, -0.1) is 11.8 Å². The van der Waals surface area contributed by atoms with Gasteiger partial charge in [0.15, 0.2) is 0 Å². The Bertz CT molecular complexity index is 1090. The Morgan fingerprint density at radius 3 is 2.66 bits per heavy atom. The number of thioether (sulfide) groups is 1. The first-order valence-electron chi connectivity index (χ1n) is 10.3. The number of unbranched alkanes of at least 4 members (excludes halogenated alkanes) is 1. The highest BCUT2D eigenvalue weighted by Gasteiger charge is 2.42. The Labute approximate surface area is 192 Å². The molecular weight excluding hydrogens is 453 g/mol. The number of halogens is 1. The molecule has 0 aromatic heterocycles. The van der Waals surface area contributed by atoms with Crippen molar-refractivity contribution >= 4 is 38.9 Å². The number of ether oxygens (including phenoxy) is 1. The van der Waals surface area contributed by atoms with Gasteiger partial charge in [-0.2, -0.15) is 0 Å². The van der Waals surface area contributed by atoms with Crippen molar-refractivity contribution in [1.82, 2.24) is 0 Å². The fraction of sp³-hybridized carbons (Fsp3) is 0.348. The highest BCUT2D eigenvalue weighted by Crippen LogP contribution is 2.45. The summed E-state index contributed by atoms with van der Waals surface area (Å²) in [5.41, 5.74) is -0.896. The van der Waals surface area contributed by atoms with Crippen LogP contribution in [0.3, 0.4) is 0 Å². The second kappa shape index (κ2) is 10.4. The SMILES string of the molecule is CCCC[C@@H]1CN(c2ccccc2)c2cc(SC)c(O/C=C/C(=O)O)cc2S(=O)(=O)[C@@H]1F. The van der Waals surface area contributed by atoms with Gasteiger partial charge in [0, 0.05) is 24.2 Å². The summed E-state index contributed by atoms with van der Waals surface area (Å²) in [7, 11) is -4.30. The fourth-order valence-electron chi connectivity index (χ4n) is 3.72. The molecule has 0 fully saturated rings. The lowest BCUT2D eigenvalue weighted by Gasteiger charge is -2.28. The summed E-state index contributed by atoms with van der Waals surface area (Å²) in [5.74, 6) is -1.73. The number of hydrogen-bond acceptors (Lipinski definition) is 6. The first kappa shape index (κ1) is 24.1. The number of nitrogens with zero attached hydrogens (tertiary/aromatic N) is 1. The quantitative estimate of drug-likeness (QED) is 0.308. The third-order valence-corrected chi connectivity index (χ3v) is 8.01. The zero-order chi connectivity index (χ0) is 23.3. The van der Waals surface area contributed by atoms with Crippen LogP contribution >= 0.6 is 11.8 Å². The zero-order valence-electron chi connectivity index (χ0n) is 17.9. The topological polar surface area (TPSA) is 83.9 Å². The third kappa shape index (κ3) is 5.10. The van der Waals surface area contributed by atoms with E-state index < -0.39 is 27.2 Å². The van der Waals surface area contributed by atoms with E-state index in [4.69, 9.17) is 9.84 Å². The maximum absolute atomic E-state index is 15.5. The van der Waals surface area contributed by atoms with Crippen LogP contribution in [0.5, 0.6) is 5.75 Å². The van der Waals surface area contributed by atoms with E-state index in [0.29, 0.717) is 17.0 Å². The van der Waals surface area contributed by atoms with Crippen molar-refractivity contribution in [2.24, 2.45) is 5.92 Å². The molecule has 9 heteroatoms. The smallest absolute Gasteiger partial charge is 0.331 e. The molecule has 6 nitrogen and oxygen atoms in total. The van der Waals surface area contributed by atoms with Crippen LogP contribution in [0.2, 0.25) is 0 Å². The number of para-hydroxylation sites is 1. The fourth-order valence-corrected chi connectivity index (χ4v) is 5.96. The Morgan fingerprint density at radius 2 is 2.03 bits per heavy atom. The maximum atomic E-state index is 15.5. The highest BCUT2D eigenvalue weighted by atomic mass is 32.2. The predicted octanol–water partition coefficient (Wildman–Crippen LogP) is 5.41. The molecule has 0 amide bonds. The van der Waals surface area contributed by atoms with Gasteiger partial charge in [-0.25, -0.2) is 17.6 Å². The number of sulfone groups is 1. The van der Waals surface area contributed by atoms with Crippen LogP contribution in [0.25, 0.3) is 0 Å². The number of fused-ring (bicyclic) bond motifs is 1. The van der Waals surface area contributed by atoms with Crippen LogP contribution in [0.15, 0.2) is 64.6 Å². The number of rotatable bonds is 8. The zero-order valence-corrected chi connectivity index (χ0v) is 19.5. The normalized spacial score (nSPS) is 20.0. The molecule has 32 heavy (non-hydrogen) atoms. The Kier molecular flexibility index (Phi) is 7.84. The molecule has 2 atom stereocenters. The first-order chi connectivity index (χ1) is 15.3. The van der Waals surface area contributed by atoms with E-state index in [1.165, 1.54) is 17.8 Å². The molecule has 3 rings (SSSR count). The highest BCUT2D eigenvalue weighted by molar-refractivity contribution is 7.98. The number of benzene rings is 2. The molecule has 1 N–H and O–H groups in total. The number of anilines is 2. The molecule has 0 radical (unpaired) electrons. The van der Waals surface area contributed by atoms with Gasteiger partial charge in [0.1, 0.15) is 5.75 Å². The molecule has 0 aliphatic carbocycles. The second-order valence-corrected chi connectivity index (χ2v) is 10.3. The van der Waals surface area contributed by atoms with Crippen molar-refractivity contribution in [3.63, 3.8) is 0 Å². The minimum Gasteiger partial charge on any atom is -0.478 e. The van der Waals surface area contributed by atoms with Crippen LogP contribution < -0.4 is 9.64 Å². The Morgan fingerprint density at radius 1 is 1.31 bits per heavy atom.